The summed E-state index contributed by atoms with van der Waals surface area (Å²) >= 11 is 11.7. The number of benzene rings is 1. The SMILES string of the molecule is CC(Cl)C#CC(Cl)c1ccccc1. The van der Waals surface area contributed by atoms with Crippen molar-refractivity contribution in [2.24, 2.45) is 0 Å². The first-order valence-electron chi connectivity index (χ1n) is 4.04. The Balaban J connectivity index is 2.71. The van der Waals surface area contributed by atoms with Gasteiger partial charge in [0.15, 0.2) is 0 Å². The molecule has 2 atom stereocenters. The number of halogens is 2. The standard InChI is InChI=1S/C11H10Cl2/c1-9(12)7-8-11(13)10-5-3-2-4-6-10/h2-6,9,11H,1H3. The topological polar surface area (TPSA) is 0 Å². The van der Waals surface area contributed by atoms with Gasteiger partial charge in [-0.25, -0.2) is 0 Å². The van der Waals surface area contributed by atoms with Gasteiger partial charge in [0.2, 0.25) is 0 Å². The fourth-order valence-corrected chi connectivity index (χ4v) is 1.16. The van der Waals surface area contributed by atoms with Crippen LogP contribution in [-0.2, 0) is 0 Å². The van der Waals surface area contributed by atoms with Gasteiger partial charge in [-0.3, -0.25) is 0 Å². The van der Waals surface area contributed by atoms with Gasteiger partial charge in [0.05, 0.1) is 5.38 Å². The van der Waals surface area contributed by atoms with Gasteiger partial charge in [0.25, 0.3) is 0 Å². The lowest BCUT2D eigenvalue weighted by atomic mass is 10.1. The molecule has 0 fully saturated rings. The first-order valence-corrected chi connectivity index (χ1v) is 4.91. The summed E-state index contributed by atoms with van der Waals surface area (Å²) in [5, 5.41) is -0.410. The van der Waals surface area contributed by atoms with E-state index in [0.717, 1.165) is 5.56 Å². The second-order valence-electron chi connectivity index (χ2n) is 2.68. The highest BCUT2D eigenvalue weighted by Crippen LogP contribution is 2.18. The summed E-state index contributed by atoms with van der Waals surface area (Å²) < 4.78 is 0. The van der Waals surface area contributed by atoms with Crippen LogP contribution in [0.3, 0.4) is 0 Å². The maximum absolute atomic E-state index is 6.02. The minimum Gasteiger partial charge on any atom is -0.109 e. The second-order valence-corrected chi connectivity index (χ2v) is 3.77. The highest BCUT2D eigenvalue weighted by Gasteiger charge is 2.01. The van der Waals surface area contributed by atoms with Gasteiger partial charge in [-0.2, -0.15) is 0 Å². The Morgan fingerprint density at radius 1 is 1.08 bits per heavy atom. The fourth-order valence-electron chi connectivity index (χ4n) is 0.893. The molecule has 13 heavy (non-hydrogen) atoms. The van der Waals surface area contributed by atoms with E-state index in [1.165, 1.54) is 0 Å². The lowest BCUT2D eigenvalue weighted by molar-refractivity contribution is 1.23. The van der Waals surface area contributed by atoms with Crippen LogP contribution < -0.4 is 0 Å². The molecule has 0 radical (unpaired) electrons. The molecule has 0 aliphatic heterocycles. The van der Waals surface area contributed by atoms with Crippen LogP contribution in [-0.4, -0.2) is 5.38 Å². The van der Waals surface area contributed by atoms with Crippen molar-refractivity contribution in [1.29, 1.82) is 0 Å². The van der Waals surface area contributed by atoms with E-state index in [9.17, 15) is 0 Å². The third kappa shape index (κ3) is 3.72. The van der Waals surface area contributed by atoms with Gasteiger partial charge >= 0.3 is 0 Å². The summed E-state index contributed by atoms with van der Waals surface area (Å²) in [4.78, 5) is 0. The molecular weight excluding hydrogens is 203 g/mol. The largest absolute Gasteiger partial charge is 0.119 e. The van der Waals surface area contributed by atoms with E-state index in [2.05, 4.69) is 11.8 Å². The zero-order valence-electron chi connectivity index (χ0n) is 7.30. The normalized spacial score (nSPS) is 14.1. The molecule has 0 nitrogen and oxygen atoms in total. The van der Waals surface area contributed by atoms with Gasteiger partial charge in [-0.1, -0.05) is 42.2 Å². The fraction of sp³-hybridized carbons (Fsp3) is 0.273. The first-order chi connectivity index (χ1) is 6.20. The zero-order chi connectivity index (χ0) is 9.68. The van der Waals surface area contributed by atoms with Gasteiger partial charge in [0, 0.05) is 0 Å². The minimum atomic E-state index is -0.262. The molecule has 0 N–H and O–H groups in total. The molecule has 68 valence electrons. The Labute approximate surface area is 88.9 Å². The molecule has 0 spiro atoms. The zero-order valence-corrected chi connectivity index (χ0v) is 8.81. The van der Waals surface area contributed by atoms with E-state index in [0.29, 0.717) is 0 Å². The molecule has 0 aromatic heterocycles. The van der Waals surface area contributed by atoms with Crippen molar-refractivity contribution >= 4 is 23.2 Å². The third-order valence-electron chi connectivity index (χ3n) is 1.50. The highest BCUT2D eigenvalue weighted by atomic mass is 35.5. The molecule has 2 heteroatoms. The van der Waals surface area contributed by atoms with Gasteiger partial charge in [-0.05, 0) is 12.5 Å². The Morgan fingerprint density at radius 3 is 2.23 bits per heavy atom. The van der Waals surface area contributed by atoms with Crippen LogP contribution in [0, 0.1) is 11.8 Å². The van der Waals surface area contributed by atoms with Gasteiger partial charge in [0.1, 0.15) is 5.38 Å². The summed E-state index contributed by atoms with van der Waals surface area (Å²) in [5.74, 6) is 5.71. The van der Waals surface area contributed by atoms with Crippen LogP contribution in [0.5, 0.6) is 0 Å². The summed E-state index contributed by atoms with van der Waals surface area (Å²) in [6.07, 6.45) is 0. The van der Waals surface area contributed by atoms with Crippen molar-refractivity contribution in [2.45, 2.75) is 17.7 Å². The van der Waals surface area contributed by atoms with Crippen molar-refractivity contribution in [3.63, 3.8) is 0 Å². The summed E-state index contributed by atoms with van der Waals surface area (Å²) in [5.41, 5.74) is 1.01. The van der Waals surface area contributed by atoms with Crippen molar-refractivity contribution in [3.05, 3.63) is 35.9 Å². The Bertz CT molecular complexity index is 306. The van der Waals surface area contributed by atoms with Crippen LogP contribution in [0.25, 0.3) is 0 Å². The Hall–Kier alpha value is -0.640. The molecule has 0 saturated carbocycles. The van der Waals surface area contributed by atoms with E-state index in [1.807, 2.05) is 37.3 Å². The van der Waals surface area contributed by atoms with Gasteiger partial charge in [-0.15, -0.1) is 23.2 Å². The maximum Gasteiger partial charge on any atom is 0.119 e. The van der Waals surface area contributed by atoms with Crippen molar-refractivity contribution in [3.8, 4) is 11.8 Å². The number of rotatable bonds is 1. The number of hydrogen-bond donors (Lipinski definition) is 0. The lowest BCUT2D eigenvalue weighted by Crippen LogP contribution is -1.88. The second kappa shape index (κ2) is 5.17. The summed E-state index contributed by atoms with van der Waals surface area (Å²) in [6, 6.07) is 9.73. The molecule has 0 saturated heterocycles. The van der Waals surface area contributed by atoms with E-state index in [4.69, 9.17) is 23.2 Å². The van der Waals surface area contributed by atoms with E-state index in [1.54, 1.807) is 0 Å². The van der Waals surface area contributed by atoms with Crippen LogP contribution in [0.2, 0.25) is 0 Å². The average Bonchev–Trinajstić information content (AvgIpc) is 2.15. The monoisotopic (exact) mass is 212 g/mol. The molecule has 1 aromatic carbocycles. The van der Waals surface area contributed by atoms with Crippen LogP contribution >= 0.6 is 23.2 Å². The van der Waals surface area contributed by atoms with Crippen LogP contribution in [0.15, 0.2) is 30.3 Å². The Kier molecular flexibility index (Phi) is 4.15. The predicted octanol–water partition coefficient (Wildman–Crippen LogP) is 3.60. The quantitative estimate of drug-likeness (QED) is 0.494. The molecule has 1 aromatic rings. The van der Waals surface area contributed by atoms with E-state index < -0.39 is 0 Å². The van der Waals surface area contributed by atoms with Crippen LogP contribution in [0.4, 0.5) is 0 Å². The molecule has 2 unspecified atom stereocenters. The smallest absolute Gasteiger partial charge is 0.109 e. The minimum absolute atomic E-state index is 0.148. The maximum atomic E-state index is 6.02. The first kappa shape index (κ1) is 10.4. The summed E-state index contributed by atoms with van der Waals surface area (Å²) in [6.45, 7) is 1.82. The van der Waals surface area contributed by atoms with Crippen molar-refractivity contribution < 1.29 is 0 Å². The molecule has 0 aliphatic carbocycles. The van der Waals surface area contributed by atoms with E-state index in [-0.39, 0.29) is 10.8 Å². The molecule has 0 heterocycles. The van der Waals surface area contributed by atoms with Gasteiger partial charge < -0.3 is 0 Å². The molecular formula is C11H10Cl2. The van der Waals surface area contributed by atoms with Crippen LogP contribution in [0.1, 0.15) is 17.9 Å². The third-order valence-corrected chi connectivity index (χ3v) is 1.97. The lowest BCUT2D eigenvalue weighted by Gasteiger charge is -2.00. The molecule has 0 bridgehead atoms. The predicted molar refractivity (Wildman–Crippen MR) is 58.1 cm³/mol. The van der Waals surface area contributed by atoms with Crippen molar-refractivity contribution in [2.75, 3.05) is 0 Å². The number of hydrogen-bond acceptors (Lipinski definition) is 0. The highest BCUT2D eigenvalue weighted by molar-refractivity contribution is 6.23. The molecule has 0 aliphatic rings. The number of alkyl halides is 2. The molecule has 1 rings (SSSR count). The van der Waals surface area contributed by atoms with E-state index >= 15 is 0 Å². The Morgan fingerprint density at radius 2 is 1.69 bits per heavy atom. The molecule has 0 amide bonds. The average molecular weight is 213 g/mol. The van der Waals surface area contributed by atoms with Crippen molar-refractivity contribution in [1.82, 2.24) is 0 Å². The summed E-state index contributed by atoms with van der Waals surface area (Å²) in [7, 11) is 0.